The Labute approximate surface area is 183 Å². The van der Waals surface area contributed by atoms with Crippen LogP contribution in [0.1, 0.15) is 11.1 Å². The number of hydrogen-bond acceptors (Lipinski definition) is 5. The Balaban J connectivity index is 1.66. The number of nitro groups is 1. The molecule has 1 aliphatic heterocycles. The van der Waals surface area contributed by atoms with Gasteiger partial charge in [-0.15, -0.1) is 0 Å². The summed E-state index contributed by atoms with van der Waals surface area (Å²) in [5.74, 6) is -0.419. The number of para-hydroxylation sites is 1. The molecule has 2 N–H and O–H groups in total. The lowest BCUT2D eigenvalue weighted by molar-refractivity contribution is -0.384. The van der Waals surface area contributed by atoms with E-state index in [4.69, 9.17) is 0 Å². The number of nitrogens with zero attached hydrogens (tertiary/aromatic N) is 3. The van der Waals surface area contributed by atoms with E-state index in [0.29, 0.717) is 11.4 Å². The van der Waals surface area contributed by atoms with E-state index in [2.05, 4.69) is 15.6 Å². The van der Waals surface area contributed by atoms with Crippen molar-refractivity contribution in [2.45, 2.75) is 6.17 Å². The quantitative estimate of drug-likeness (QED) is 0.487. The molecule has 0 aromatic heterocycles. The van der Waals surface area contributed by atoms with Crippen LogP contribution >= 0.6 is 0 Å². The fourth-order valence-corrected chi connectivity index (χ4v) is 3.43. The van der Waals surface area contributed by atoms with Gasteiger partial charge in [-0.25, -0.2) is 9.79 Å². The van der Waals surface area contributed by atoms with Gasteiger partial charge >= 0.3 is 6.03 Å². The van der Waals surface area contributed by atoms with Crippen molar-refractivity contribution >= 4 is 34.7 Å². The lowest BCUT2D eigenvalue weighted by Gasteiger charge is -2.21. The maximum absolute atomic E-state index is 13.1. The highest BCUT2D eigenvalue weighted by molar-refractivity contribution is 6.20. The number of nitro benzene ring substituents is 1. The number of benzene rings is 3. The lowest BCUT2D eigenvalue weighted by Crippen LogP contribution is -2.47. The molecule has 1 atom stereocenters. The number of amides is 3. The Morgan fingerprint density at radius 1 is 1.03 bits per heavy atom. The molecule has 3 amide bonds. The molecule has 160 valence electrons. The summed E-state index contributed by atoms with van der Waals surface area (Å²) in [5.41, 5.74) is 2.87. The first-order valence-electron chi connectivity index (χ1n) is 9.76. The summed E-state index contributed by atoms with van der Waals surface area (Å²) in [6.07, 6.45) is -1.19. The number of hydrogen-bond donors (Lipinski definition) is 2. The molecule has 0 radical (unpaired) electrons. The van der Waals surface area contributed by atoms with Crippen LogP contribution < -0.4 is 15.5 Å². The molecule has 0 bridgehead atoms. The molecule has 1 aliphatic rings. The third kappa shape index (κ3) is 4.17. The van der Waals surface area contributed by atoms with Gasteiger partial charge in [0.25, 0.3) is 11.6 Å². The fourth-order valence-electron chi connectivity index (χ4n) is 3.43. The van der Waals surface area contributed by atoms with Crippen LogP contribution in [-0.2, 0) is 4.79 Å². The summed E-state index contributed by atoms with van der Waals surface area (Å²) < 4.78 is 0. The van der Waals surface area contributed by atoms with Crippen molar-refractivity contribution in [3.8, 4) is 0 Å². The van der Waals surface area contributed by atoms with E-state index in [1.165, 1.54) is 29.2 Å². The number of fused-ring (bicyclic) bond motifs is 1. The van der Waals surface area contributed by atoms with Crippen LogP contribution in [0, 0.1) is 10.1 Å². The number of carbonyl (C=O) groups is 2. The Kier molecular flexibility index (Phi) is 5.63. The molecule has 0 saturated heterocycles. The minimum atomic E-state index is -1.19. The van der Waals surface area contributed by atoms with Crippen LogP contribution in [0.15, 0.2) is 83.9 Å². The average molecular weight is 429 g/mol. The first-order valence-corrected chi connectivity index (χ1v) is 9.76. The summed E-state index contributed by atoms with van der Waals surface area (Å²) >= 11 is 0. The highest BCUT2D eigenvalue weighted by atomic mass is 16.6. The first-order chi connectivity index (χ1) is 15.4. The number of non-ortho nitro benzene ring substituents is 1. The molecular weight excluding hydrogens is 410 g/mol. The molecule has 3 aromatic rings. The van der Waals surface area contributed by atoms with Gasteiger partial charge in [-0.1, -0.05) is 54.6 Å². The predicted octanol–water partition coefficient (Wildman–Crippen LogP) is 3.56. The third-order valence-electron chi connectivity index (χ3n) is 4.97. The number of urea groups is 1. The van der Waals surface area contributed by atoms with E-state index < -0.39 is 23.0 Å². The first kappa shape index (κ1) is 20.7. The van der Waals surface area contributed by atoms with E-state index in [0.717, 1.165) is 11.1 Å². The van der Waals surface area contributed by atoms with Crippen molar-refractivity contribution in [3.63, 3.8) is 0 Å². The number of benzodiazepines with no additional fused rings is 1. The normalized spacial score (nSPS) is 15.3. The number of aliphatic imine (C=N–C) groups is 1. The number of carbonyl (C=O) groups excluding carboxylic acids is 2. The van der Waals surface area contributed by atoms with Crippen molar-refractivity contribution in [1.29, 1.82) is 0 Å². The summed E-state index contributed by atoms with van der Waals surface area (Å²) in [4.78, 5) is 42.2. The molecule has 0 fully saturated rings. The average Bonchev–Trinajstić information content (AvgIpc) is 2.90. The number of likely N-dealkylation sites (N-methyl/N-ethyl adjacent to an activating group) is 1. The second-order valence-electron chi connectivity index (χ2n) is 7.07. The molecule has 0 unspecified atom stereocenters. The monoisotopic (exact) mass is 429 g/mol. The second-order valence-corrected chi connectivity index (χ2v) is 7.07. The summed E-state index contributed by atoms with van der Waals surface area (Å²) in [6.45, 7) is 0. The van der Waals surface area contributed by atoms with Gasteiger partial charge in [-0.05, 0) is 12.1 Å². The van der Waals surface area contributed by atoms with Crippen LogP contribution in [0.3, 0.4) is 0 Å². The smallest absolute Gasteiger partial charge is 0.311 e. The van der Waals surface area contributed by atoms with E-state index in [1.54, 1.807) is 7.05 Å². The Hall–Kier alpha value is -4.53. The fraction of sp³-hybridized carbons (Fsp3) is 0.0870. The van der Waals surface area contributed by atoms with Gasteiger partial charge < -0.3 is 15.5 Å². The van der Waals surface area contributed by atoms with Crippen molar-refractivity contribution in [3.05, 3.63) is 100 Å². The van der Waals surface area contributed by atoms with Gasteiger partial charge in [0.15, 0.2) is 0 Å². The molecule has 3 aromatic carbocycles. The standard InChI is InChI=1S/C23H19N5O4/c1-27-19-13-6-5-12-18(19)20(15-8-3-2-4-9-15)25-21(22(27)29)26-23(30)24-16-10-7-11-17(14-16)28(31)32/h2-14,21H,1H3,(H2,24,26,30)/t21-/m0/s1. The zero-order valence-corrected chi connectivity index (χ0v) is 17.1. The van der Waals surface area contributed by atoms with Crippen molar-refractivity contribution in [2.75, 3.05) is 17.3 Å². The van der Waals surface area contributed by atoms with Gasteiger partial charge in [-0.2, -0.15) is 0 Å². The van der Waals surface area contributed by atoms with Crippen molar-refractivity contribution < 1.29 is 14.5 Å². The van der Waals surface area contributed by atoms with E-state index >= 15 is 0 Å². The summed E-state index contributed by atoms with van der Waals surface area (Å²) in [6, 6.07) is 21.6. The maximum Gasteiger partial charge on any atom is 0.321 e. The third-order valence-corrected chi connectivity index (χ3v) is 4.97. The lowest BCUT2D eigenvalue weighted by atomic mass is 10.0. The highest BCUT2D eigenvalue weighted by Gasteiger charge is 2.31. The van der Waals surface area contributed by atoms with E-state index in [1.807, 2.05) is 54.6 Å². The van der Waals surface area contributed by atoms with Crippen LogP contribution in [0.5, 0.6) is 0 Å². The Morgan fingerprint density at radius 3 is 2.50 bits per heavy atom. The molecule has 0 aliphatic carbocycles. The summed E-state index contributed by atoms with van der Waals surface area (Å²) in [7, 11) is 1.62. The highest BCUT2D eigenvalue weighted by Crippen LogP contribution is 2.27. The molecule has 4 rings (SSSR count). The molecule has 0 saturated carbocycles. The van der Waals surface area contributed by atoms with Gasteiger partial charge in [0.1, 0.15) is 0 Å². The van der Waals surface area contributed by atoms with Crippen LogP contribution in [0.2, 0.25) is 0 Å². The SMILES string of the molecule is CN1C(=O)[C@H](NC(=O)Nc2cccc([N+](=O)[O-])c2)N=C(c2ccccc2)c2ccccc21. The molecule has 32 heavy (non-hydrogen) atoms. The van der Waals surface area contributed by atoms with Crippen LogP contribution in [-0.4, -0.2) is 35.8 Å². The van der Waals surface area contributed by atoms with Crippen molar-refractivity contribution in [2.24, 2.45) is 4.99 Å². The van der Waals surface area contributed by atoms with E-state index in [-0.39, 0.29) is 11.4 Å². The molecule has 9 heteroatoms. The minimum absolute atomic E-state index is 0.159. The number of anilines is 2. The maximum atomic E-state index is 13.1. The predicted molar refractivity (Wildman–Crippen MR) is 121 cm³/mol. The molecule has 0 spiro atoms. The largest absolute Gasteiger partial charge is 0.321 e. The molecule has 1 heterocycles. The van der Waals surface area contributed by atoms with Gasteiger partial charge in [0.05, 0.1) is 16.3 Å². The zero-order valence-electron chi connectivity index (χ0n) is 17.1. The van der Waals surface area contributed by atoms with Crippen LogP contribution in [0.4, 0.5) is 21.9 Å². The zero-order chi connectivity index (χ0) is 22.7. The van der Waals surface area contributed by atoms with Crippen molar-refractivity contribution in [1.82, 2.24) is 5.32 Å². The van der Waals surface area contributed by atoms with Crippen LogP contribution in [0.25, 0.3) is 0 Å². The van der Waals surface area contributed by atoms with Gasteiger partial charge in [0, 0.05) is 36.0 Å². The second kappa shape index (κ2) is 8.68. The molecular formula is C23H19N5O4. The molecule has 9 nitrogen and oxygen atoms in total. The van der Waals surface area contributed by atoms with Gasteiger partial charge in [-0.3, -0.25) is 14.9 Å². The Bertz CT molecular complexity index is 1230. The van der Waals surface area contributed by atoms with Gasteiger partial charge in [0.2, 0.25) is 6.17 Å². The Morgan fingerprint density at radius 2 is 1.75 bits per heavy atom. The topological polar surface area (TPSA) is 117 Å². The number of rotatable bonds is 4. The summed E-state index contributed by atoms with van der Waals surface area (Å²) in [5, 5.41) is 16.1. The minimum Gasteiger partial charge on any atom is -0.311 e. The van der Waals surface area contributed by atoms with E-state index in [9.17, 15) is 19.7 Å². The number of nitrogens with one attached hydrogen (secondary N) is 2.